The lowest BCUT2D eigenvalue weighted by Gasteiger charge is -2.13. The molecule has 3 nitrogen and oxygen atoms in total. The zero-order chi connectivity index (χ0) is 18.2. The van der Waals surface area contributed by atoms with E-state index in [1.54, 1.807) is 6.07 Å². The molecule has 0 radical (unpaired) electrons. The van der Waals surface area contributed by atoms with E-state index in [1.165, 1.54) is 37.4 Å². The van der Waals surface area contributed by atoms with Crippen LogP contribution in [0.25, 0.3) is 5.57 Å². The molecule has 25 heavy (non-hydrogen) atoms. The molecule has 7 heteroatoms. The highest BCUT2D eigenvalue weighted by Gasteiger charge is 2.37. The molecule has 1 aliphatic rings. The maximum atomic E-state index is 14.0. The second-order valence-electron chi connectivity index (χ2n) is 5.54. The van der Waals surface area contributed by atoms with Crippen LogP contribution in [0.4, 0.5) is 17.6 Å². The van der Waals surface area contributed by atoms with E-state index in [4.69, 9.17) is 0 Å². The summed E-state index contributed by atoms with van der Waals surface area (Å²) in [7, 11) is 1.53. The monoisotopic (exact) mass is 350 g/mol. The third-order valence-electron chi connectivity index (χ3n) is 3.99. The van der Waals surface area contributed by atoms with Gasteiger partial charge in [-0.1, -0.05) is 30.3 Å². The van der Waals surface area contributed by atoms with Gasteiger partial charge in [0, 0.05) is 12.6 Å². The molecule has 1 unspecified atom stereocenters. The van der Waals surface area contributed by atoms with Crippen molar-refractivity contribution in [3.05, 3.63) is 76.9 Å². The summed E-state index contributed by atoms with van der Waals surface area (Å²) in [5, 5.41) is 5.62. The summed E-state index contributed by atoms with van der Waals surface area (Å²) in [5.74, 6) is -0.791. The maximum absolute atomic E-state index is 14.0. The highest BCUT2D eigenvalue weighted by atomic mass is 19.4. The number of halogens is 4. The number of hydrogen-bond acceptors (Lipinski definition) is 3. The van der Waals surface area contributed by atoms with Crippen LogP contribution in [-0.2, 0) is 11.0 Å². The smallest absolute Gasteiger partial charge is 0.374 e. The minimum absolute atomic E-state index is 0.0712. The van der Waals surface area contributed by atoms with E-state index in [0.717, 1.165) is 12.1 Å². The van der Waals surface area contributed by atoms with Gasteiger partial charge in [0.1, 0.15) is 17.7 Å². The lowest BCUT2D eigenvalue weighted by molar-refractivity contribution is -0.137. The van der Waals surface area contributed by atoms with Crippen molar-refractivity contribution in [1.82, 2.24) is 10.6 Å². The van der Waals surface area contributed by atoms with Crippen molar-refractivity contribution in [3.63, 3.8) is 0 Å². The molecule has 0 aromatic heterocycles. The Bertz CT molecular complexity index is 858. The Kier molecular flexibility index (Phi) is 4.24. The van der Waals surface area contributed by atoms with Crippen LogP contribution in [0.5, 0.6) is 0 Å². The Morgan fingerprint density at radius 2 is 1.80 bits per heavy atom. The van der Waals surface area contributed by atoms with Crippen LogP contribution in [0.2, 0.25) is 0 Å². The first-order valence-electron chi connectivity index (χ1n) is 7.47. The summed E-state index contributed by atoms with van der Waals surface area (Å²) in [6, 6.07) is 9.30. The zero-order valence-corrected chi connectivity index (χ0v) is 13.1. The van der Waals surface area contributed by atoms with Crippen LogP contribution in [0.1, 0.15) is 22.7 Å². The quantitative estimate of drug-likeness (QED) is 0.831. The molecular formula is C18H14F4N2O. The number of carbonyl (C=O) groups is 1. The Morgan fingerprint density at radius 1 is 1.08 bits per heavy atom. The fraction of sp³-hybridized carbons (Fsp3) is 0.167. The summed E-state index contributed by atoms with van der Waals surface area (Å²) in [5.41, 5.74) is -0.519. The molecule has 3 rings (SSSR count). The SMILES string of the molecule is CNC1=C(c2cccc(C(F)(F)F)c2)C(=O)C(c2ccccc2F)N1. The predicted octanol–water partition coefficient (Wildman–Crippen LogP) is 3.65. The zero-order valence-electron chi connectivity index (χ0n) is 13.1. The van der Waals surface area contributed by atoms with E-state index in [0.29, 0.717) is 0 Å². The number of carbonyl (C=O) groups excluding carboxylic acids is 1. The maximum Gasteiger partial charge on any atom is 0.416 e. The Morgan fingerprint density at radius 3 is 2.44 bits per heavy atom. The Labute approximate surface area is 141 Å². The molecule has 2 aromatic carbocycles. The number of ketones is 1. The predicted molar refractivity (Wildman–Crippen MR) is 84.7 cm³/mol. The van der Waals surface area contributed by atoms with E-state index < -0.39 is 29.4 Å². The molecule has 0 fully saturated rings. The van der Waals surface area contributed by atoms with Crippen molar-refractivity contribution >= 4 is 11.4 Å². The lowest BCUT2D eigenvalue weighted by Crippen LogP contribution is -2.25. The summed E-state index contributed by atoms with van der Waals surface area (Å²) in [6.07, 6.45) is -4.52. The van der Waals surface area contributed by atoms with Gasteiger partial charge in [-0.3, -0.25) is 4.79 Å². The molecule has 1 atom stereocenters. The molecule has 1 aliphatic heterocycles. The molecule has 0 amide bonds. The van der Waals surface area contributed by atoms with Gasteiger partial charge in [0.15, 0.2) is 5.78 Å². The molecule has 2 N–H and O–H groups in total. The fourth-order valence-corrected chi connectivity index (χ4v) is 2.81. The number of nitrogens with one attached hydrogen (secondary N) is 2. The normalized spacial score (nSPS) is 17.6. The van der Waals surface area contributed by atoms with Gasteiger partial charge >= 0.3 is 6.18 Å². The molecule has 1 heterocycles. The molecule has 0 saturated carbocycles. The highest BCUT2D eigenvalue weighted by molar-refractivity contribution is 6.26. The number of alkyl halides is 3. The van der Waals surface area contributed by atoms with E-state index in [1.807, 2.05) is 0 Å². The van der Waals surface area contributed by atoms with Crippen LogP contribution in [0.15, 0.2) is 54.4 Å². The van der Waals surface area contributed by atoms with Crippen molar-refractivity contribution < 1.29 is 22.4 Å². The summed E-state index contributed by atoms with van der Waals surface area (Å²) in [6.45, 7) is 0. The van der Waals surface area contributed by atoms with Crippen LogP contribution in [-0.4, -0.2) is 12.8 Å². The molecule has 0 spiro atoms. The van der Waals surface area contributed by atoms with Gasteiger partial charge in [-0.25, -0.2) is 4.39 Å². The van der Waals surface area contributed by atoms with Crippen molar-refractivity contribution in [1.29, 1.82) is 0 Å². The Hall–Kier alpha value is -2.83. The molecular weight excluding hydrogens is 336 g/mol. The van der Waals surface area contributed by atoms with Crippen LogP contribution in [0, 0.1) is 5.82 Å². The standard InChI is InChI=1S/C18H14F4N2O/c1-23-17-14(10-5-4-6-11(9-10)18(20,21)22)16(25)15(24-17)12-7-2-3-8-13(12)19/h2-9,15,23-24H,1H3. The second kappa shape index (κ2) is 6.23. The van der Waals surface area contributed by atoms with E-state index >= 15 is 0 Å². The van der Waals surface area contributed by atoms with E-state index in [2.05, 4.69) is 10.6 Å². The van der Waals surface area contributed by atoms with Crippen molar-refractivity contribution in [2.75, 3.05) is 7.05 Å². The average molecular weight is 350 g/mol. The fourth-order valence-electron chi connectivity index (χ4n) is 2.81. The average Bonchev–Trinajstić information content (AvgIpc) is 2.91. The van der Waals surface area contributed by atoms with Gasteiger partial charge in [0.2, 0.25) is 0 Å². The van der Waals surface area contributed by atoms with Gasteiger partial charge in [-0.05, 0) is 23.8 Å². The minimum Gasteiger partial charge on any atom is -0.374 e. The number of benzene rings is 2. The summed E-state index contributed by atoms with van der Waals surface area (Å²) in [4.78, 5) is 12.8. The molecule has 0 aliphatic carbocycles. The van der Waals surface area contributed by atoms with Gasteiger partial charge < -0.3 is 10.6 Å². The molecule has 0 saturated heterocycles. The first kappa shape index (κ1) is 17.0. The van der Waals surface area contributed by atoms with Crippen molar-refractivity contribution in [3.8, 4) is 0 Å². The van der Waals surface area contributed by atoms with E-state index in [9.17, 15) is 22.4 Å². The molecule has 0 bridgehead atoms. The van der Waals surface area contributed by atoms with Crippen molar-refractivity contribution in [2.45, 2.75) is 12.2 Å². The topological polar surface area (TPSA) is 41.1 Å². The third-order valence-corrected chi connectivity index (χ3v) is 3.99. The van der Waals surface area contributed by atoms with Crippen LogP contribution < -0.4 is 10.6 Å². The minimum atomic E-state index is -4.52. The largest absolute Gasteiger partial charge is 0.416 e. The molecule has 2 aromatic rings. The van der Waals surface area contributed by atoms with Gasteiger partial charge in [0.25, 0.3) is 0 Å². The van der Waals surface area contributed by atoms with Gasteiger partial charge in [-0.2, -0.15) is 13.2 Å². The number of hydrogen-bond donors (Lipinski definition) is 2. The van der Waals surface area contributed by atoms with Crippen LogP contribution >= 0.6 is 0 Å². The number of Topliss-reactive ketones (excluding diaryl/α,β-unsaturated/α-hetero) is 1. The van der Waals surface area contributed by atoms with E-state index in [-0.39, 0.29) is 22.5 Å². The van der Waals surface area contributed by atoms with Gasteiger partial charge in [-0.15, -0.1) is 0 Å². The molecule has 130 valence electrons. The summed E-state index contributed by atoms with van der Waals surface area (Å²) < 4.78 is 52.8. The highest BCUT2D eigenvalue weighted by Crippen LogP contribution is 2.36. The first-order chi connectivity index (χ1) is 11.8. The van der Waals surface area contributed by atoms with Crippen molar-refractivity contribution in [2.24, 2.45) is 0 Å². The van der Waals surface area contributed by atoms with Crippen LogP contribution in [0.3, 0.4) is 0 Å². The Balaban J connectivity index is 2.04. The first-order valence-corrected chi connectivity index (χ1v) is 7.47. The summed E-state index contributed by atoms with van der Waals surface area (Å²) >= 11 is 0. The van der Waals surface area contributed by atoms with Gasteiger partial charge in [0.05, 0.1) is 11.1 Å². The lowest BCUT2D eigenvalue weighted by atomic mass is 9.95. The second-order valence-corrected chi connectivity index (χ2v) is 5.54. The third kappa shape index (κ3) is 3.09. The number of rotatable bonds is 3.